The van der Waals surface area contributed by atoms with Gasteiger partial charge in [-0.3, -0.25) is 0 Å². The Labute approximate surface area is 139 Å². The number of aliphatic hydroxyl groups is 1. The zero-order chi connectivity index (χ0) is 16.9. The number of furan rings is 1. The van der Waals surface area contributed by atoms with Gasteiger partial charge in [-0.2, -0.15) is 0 Å². The predicted octanol–water partition coefficient (Wildman–Crippen LogP) is 2.87. The first-order chi connectivity index (χ1) is 11.7. The molecule has 1 aliphatic rings. The van der Waals surface area contributed by atoms with Gasteiger partial charge in [-0.15, -0.1) is 0 Å². The van der Waals surface area contributed by atoms with Crippen LogP contribution in [0.1, 0.15) is 24.6 Å². The SMILES string of the molecule is O=C(Nc1cc(F)cc(N2CCCC2)c1)N[C@@H](CO)c1ccco1. The first-order valence-electron chi connectivity index (χ1n) is 7.93. The molecule has 1 fully saturated rings. The van der Waals surface area contributed by atoms with Crippen molar-refractivity contribution in [3.8, 4) is 0 Å². The molecule has 24 heavy (non-hydrogen) atoms. The van der Waals surface area contributed by atoms with E-state index in [0.717, 1.165) is 31.6 Å². The van der Waals surface area contributed by atoms with Crippen molar-refractivity contribution in [3.63, 3.8) is 0 Å². The Morgan fingerprint density at radius 1 is 1.33 bits per heavy atom. The van der Waals surface area contributed by atoms with Crippen LogP contribution < -0.4 is 15.5 Å². The standard InChI is InChI=1S/C17H20FN3O3/c18-12-8-13(10-14(9-12)21-5-1-2-6-21)19-17(23)20-15(11-22)16-4-3-7-24-16/h3-4,7-10,15,22H,1-2,5-6,11H2,(H2,19,20,23)/t15-/m0/s1. The lowest BCUT2D eigenvalue weighted by Gasteiger charge is -2.19. The molecule has 0 radical (unpaired) electrons. The van der Waals surface area contributed by atoms with E-state index < -0.39 is 17.9 Å². The molecule has 128 valence electrons. The highest BCUT2D eigenvalue weighted by Crippen LogP contribution is 2.25. The molecule has 0 bridgehead atoms. The van der Waals surface area contributed by atoms with Gasteiger partial charge < -0.3 is 25.1 Å². The normalized spacial score (nSPS) is 15.3. The van der Waals surface area contributed by atoms with E-state index in [-0.39, 0.29) is 6.61 Å². The fourth-order valence-electron chi connectivity index (χ4n) is 2.83. The molecule has 0 spiro atoms. The number of amides is 2. The molecule has 1 aromatic carbocycles. The minimum absolute atomic E-state index is 0.302. The van der Waals surface area contributed by atoms with E-state index in [1.54, 1.807) is 18.2 Å². The molecule has 2 heterocycles. The number of carbonyl (C=O) groups is 1. The van der Waals surface area contributed by atoms with Crippen molar-refractivity contribution in [3.05, 3.63) is 48.2 Å². The number of anilines is 2. The van der Waals surface area contributed by atoms with Crippen LogP contribution in [-0.4, -0.2) is 30.8 Å². The number of rotatable bonds is 5. The first kappa shape index (κ1) is 16.3. The van der Waals surface area contributed by atoms with Gasteiger partial charge >= 0.3 is 6.03 Å². The van der Waals surface area contributed by atoms with E-state index >= 15 is 0 Å². The van der Waals surface area contributed by atoms with Crippen molar-refractivity contribution < 1.29 is 18.7 Å². The van der Waals surface area contributed by atoms with Crippen molar-refractivity contribution in [1.82, 2.24) is 5.32 Å². The summed E-state index contributed by atoms with van der Waals surface area (Å²) in [5.41, 5.74) is 1.12. The number of benzene rings is 1. The molecule has 3 rings (SSSR count). The molecule has 1 atom stereocenters. The monoisotopic (exact) mass is 333 g/mol. The summed E-state index contributed by atoms with van der Waals surface area (Å²) < 4.78 is 19.0. The minimum Gasteiger partial charge on any atom is -0.467 e. The van der Waals surface area contributed by atoms with E-state index in [4.69, 9.17) is 4.42 Å². The number of hydrogen-bond donors (Lipinski definition) is 3. The molecule has 6 nitrogen and oxygen atoms in total. The van der Waals surface area contributed by atoms with Gasteiger partial charge in [0.15, 0.2) is 0 Å². The van der Waals surface area contributed by atoms with Crippen LogP contribution in [0.15, 0.2) is 41.0 Å². The second-order valence-electron chi connectivity index (χ2n) is 5.74. The molecular formula is C17H20FN3O3. The van der Waals surface area contributed by atoms with Crippen LogP contribution in [0.3, 0.4) is 0 Å². The summed E-state index contributed by atoms with van der Waals surface area (Å²) >= 11 is 0. The third kappa shape index (κ3) is 3.86. The van der Waals surface area contributed by atoms with Crippen LogP contribution in [0.2, 0.25) is 0 Å². The maximum absolute atomic E-state index is 13.8. The molecule has 2 aromatic rings. The summed E-state index contributed by atoms with van der Waals surface area (Å²) in [5.74, 6) is 0.0455. The first-order valence-corrected chi connectivity index (χ1v) is 7.93. The second kappa shape index (κ2) is 7.35. The predicted molar refractivity (Wildman–Crippen MR) is 88.5 cm³/mol. The van der Waals surface area contributed by atoms with Gasteiger partial charge in [-0.25, -0.2) is 9.18 Å². The number of urea groups is 1. The van der Waals surface area contributed by atoms with Gasteiger partial charge in [0.2, 0.25) is 0 Å². The summed E-state index contributed by atoms with van der Waals surface area (Å²) in [5, 5.41) is 14.6. The van der Waals surface area contributed by atoms with Crippen molar-refractivity contribution in [2.24, 2.45) is 0 Å². The van der Waals surface area contributed by atoms with Crippen molar-refractivity contribution >= 4 is 17.4 Å². The summed E-state index contributed by atoms with van der Waals surface area (Å²) in [6.07, 6.45) is 3.63. The number of carbonyl (C=O) groups excluding carboxylic acids is 1. The smallest absolute Gasteiger partial charge is 0.319 e. The van der Waals surface area contributed by atoms with Crippen molar-refractivity contribution in [2.45, 2.75) is 18.9 Å². The van der Waals surface area contributed by atoms with Crippen molar-refractivity contribution in [1.29, 1.82) is 0 Å². The summed E-state index contributed by atoms with van der Waals surface area (Å²) in [7, 11) is 0. The van der Waals surface area contributed by atoms with Gasteiger partial charge in [0.05, 0.1) is 12.9 Å². The molecular weight excluding hydrogens is 313 g/mol. The van der Waals surface area contributed by atoms with Gasteiger partial charge in [-0.1, -0.05) is 0 Å². The minimum atomic E-state index is -0.661. The Hall–Kier alpha value is -2.54. The van der Waals surface area contributed by atoms with Gasteiger partial charge in [0, 0.05) is 24.5 Å². The highest BCUT2D eigenvalue weighted by atomic mass is 19.1. The maximum Gasteiger partial charge on any atom is 0.319 e. The highest BCUT2D eigenvalue weighted by molar-refractivity contribution is 5.90. The highest BCUT2D eigenvalue weighted by Gasteiger charge is 2.18. The van der Waals surface area contributed by atoms with Crippen LogP contribution in [0.4, 0.5) is 20.6 Å². The van der Waals surface area contributed by atoms with Gasteiger partial charge in [-0.05, 0) is 43.2 Å². The van der Waals surface area contributed by atoms with Gasteiger partial charge in [0.25, 0.3) is 0 Å². The zero-order valence-electron chi connectivity index (χ0n) is 13.2. The van der Waals surface area contributed by atoms with Gasteiger partial charge in [0.1, 0.15) is 17.6 Å². The van der Waals surface area contributed by atoms with E-state index in [1.807, 2.05) is 0 Å². The lowest BCUT2D eigenvalue weighted by Crippen LogP contribution is -2.34. The van der Waals surface area contributed by atoms with E-state index in [2.05, 4.69) is 15.5 Å². The molecule has 7 heteroatoms. The number of halogens is 1. The molecule has 3 N–H and O–H groups in total. The van der Waals surface area contributed by atoms with E-state index in [0.29, 0.717) is 11.4 Å². The Bertz CT molecular complexity index is 684. The number of aliphatic hydroxyl groups excluding tert-OH is 1. The topological polar surface area (TPSA) is 77.7 Å². The Kier molecular flexibility index (Phi) is 5.00. The molecule has 0 unspecified atom stereocenters. The second-order valence-corrected chi connectivity index (χ2v) is 5.74. The number of nitrogens with one attached hydrogen (secondary N) is 2. The third-order valence-corrected chi connectivity index (χ3v) is 3.99. The molecule has 1 saturated heterocycles. The van der Waals surface area contributed by atoms with E-state index in [9.17, 15) is 14.3 Å². The summed E-state index contributed by atoms with van der Waals surface area (Å²) in [6.45, 7) is 1.48. The Balaban J connectivity index is 1.67. The average molecular weight is 333 g/mol. The fourth-order valence-corrected chi connectivity index (χ4v) is 2.83. The summed E-state index contributed by atoms with van der Waals surface area (Å²) in [4.78, 5) is 14.2. The lowest BCUT2D eigenvalue weighted by atomic mass is 10.2. The third-order valence-electron chi connectivity index (χ3n) is 3.99. The van der Waals surface area contributed by atoms with Crippen LogP contribution in [0.5, 0.6) is 0 Å². The maximum atomic E-state index is 13.8. The average Bonchev–Trinajstić information content (AvgIpc) is 3.25. The molecule has 0 saturated carbocycles. The van der Waals surface area contributed by atoms with Crippen LogP contribution in [0, 0.1) is 5.82 Å². The summed E-state index contributed by atoms with van der Waals surface area (Å²) in [6, 6.07) is 6.61. The van der Waals surface area contributed by atoms with E-state index in [1.165, 1.54) is 18.4 Å². The quantitative estimate of drug-likeness (QED) is 0.786. The van der Waals surface area contributed by atoms with Crippen molar-refractivity contribution in [2.75, 3.05) is 29.9 Å². The Morgan fingerprint density at radius 3 is 2.79 bits per heavy atom. The molecule has 1 aromatic heterocycles. The molecule has 1 aliphatic heterocycles. The van der Waals surface area contributed by atoms with Crippen LogP contribution >= 0.6 is 0 Å². The molecule has 2 amide bonds. The molecule has 0 aliphatic carbocycles. The van der Waals surface area contributed by atoms with Crippen LogP contribution in [-0.2, 0) is 0 Å². The zero-order valence-corrected chi connectivity index (χ0v) is 13.2. The van der Waals surface area contributed by atoms with Crippen LogP contribution in [0.25, 0.3) is 0 Å². The Morgan fingerprint density at radius 2 is 2.12 bits per heavy atom. The largest absolute Gasteiger partial charge is 0.467 e. The fraction of sp³-hybridized carbons (Fsp3) is 0.353. The lowest BCUT2D eigenvalue weighted by molar-refractivity contribution is 0.215. The number of hydrogen-bond acceptors (Lipinski definition) is 4. The number of nitrogens with zero attached hydrogens (tertiary/aromatic N) is 1.